The molecule has 3 aromatic rings. The van der Waals surface area contributed by atoms with Gasteiger partial charge < -0.3 is 4.90 Å². The highest BCUT2D eigenvalue weighted by molar-refractivity contribution is 7.91. The van der Waals surface area contributed by atoms with E-state index in [1.54, 1.807) is 11.6 Å². The summed E-state index contributed by atoms with van der Waals surface area (Å²) in [6.45, 7) is 0. The van der Waals surface area contributed by atoms with Crippen molar-refractivity contribution in [3.05, 3.63) is 52.5 Å². The number of sulfone groups is 1. The summed E-state index contributed by atoms with van der Waals surface area (Å²) in [5, 5.41) is 2.63. The minimum atomic E-state index is -5.31. The maximum absolute atomic E-state index is 12.6. The van der Waals surface area contributed by atoms with Crippen LogP contribution in [0.1, 0.15) is 5.56 Å². The van der Waals surface area contributed by atoms with Gasteiger partial charge in [-0.15, -0.1) is 11.3 Å². The molecular formula is C18H15ClF3N3O2S2. The molecule has 1 aromatic carbocycles. The van der Waals surface area contributed by atoms with Crippen molar-refractivity contribution < 1.29 is 21.6 Å². The second-order valence-electron chi connectivity index (χ2n) is 6.35. The lowest BCUT2D eigenvalue weighted by molar-refractivity contribution is -0.0437. The maximum Gasteiger partial charge on any atom is 0.497 e. The molecule has 2 aromatic heterocycles. The monoisotopic (exact) mass is 461 g/mol. The highest BCUT2D eigenvalue weighted by Gasteiger charge is 2.45. The molecule has 2 heterocycles. The van der Waals surface area contributed by atoms with Gasteiger partial charge in [0.05, 0.1) is 16.5 Å². The van der Waals surface area contributed by atoms with Crippen molar-refractivity contribution in [2.24, 2.45) is 0 Å². The van der Waals surface area contributed by atoms with Gasteiger partial charge in [-0.1, -0.05) is 23.7 Å². The van der Waals surface area contributed by atoms with Crippen molar-refractivity contribution in [2.45, 2.75) is 11.3 Å². The zero-order chi connectivity index (χ0) is 21.4. The average molecular weight is 462 g/mol. The Balaban J connectivity index is 1.89. The first-order valence-electron chi connectivity index (χ1n) is 8.15. The van der Waals surface area contributed by atoms with Gasteiger partial charge in [0.1, 0.15) is 10.8 Å². The zero-order valence-electron chi connectivity index (χ0n) is 15.2. The van der Waals surface area contributed by atoms with E-state index in [1.807, 2.05) is 31.1 Å². The van der Waals surface area contributed by atoms with Crippen LogP contribution in [0.15, 0.2) is 41.9 Å². The molecule has 0 amide bonds. The summed E-state index contributed by atoms with van der Waals surface area (Å²) in [5.41, 5.74) is -3.44. The van der Waals surface area contributed by atoms with Crippen LogP contribution >= 0.6 is 22.9 Å². The Morgan fingerprint density at radius 3 is 2.52 bits per heavy atom. The summed E-state index contributed by atoms with van der Waals surface area (Å²) in [6, 6.07) is 7.70. The first-order chi connectivity index (χ1) is 13.5. The fourth-order valence-corrected chi connectivity index (χ4v) is 4.38. The smallest absolute Gasteiger partial charge is 0.363 e. The molecule has 0 N–H and O–H groups in total. The molecule has 3 rings (SSSR count). The predicted molar refractivity (Wildman–Crippen MR) is 109 cm³/mol. The van der Waals surface area contributed by atoms with E-state index < -0.39 is 21.1 Å². The topological polar surface area (TPSA) is 63.2 Å². The Morgan fingerprint density at radius 1 is 1.17 bits per heavy atom. The number of hydrogen-bond acceptors (Lipinski definition) is 6. The number of hydrogen-bond donors (Lipinski definition) is 0. The molecule has 0 aliphatic carbocycles. The molecule has 0 aliphatic heterocycles. The first kappa shape index (κ1) is 21.5. The van der Waals surface area contributed by atoms with E-state index >= 15 is 0 Å². The predicted octanol–water partition coefficient (Wildman–Crippen LogP) is 5.03. The summed E-state index contributed by atoms with van der Waals surface area (Å²) in [7, 11) is -1.52. The Kier molecular flexibility index (Phi) is 5.88. The molecule has 0 unspecified atom stereocenters. The molecule has 11 heteroatoms. The molecule has 0 fully saturated rings. The van der Waals surface area contributed by atoms with E-state index in [1.165, 1.54) is 29.5 Å². The molecule has 154 valence electrons. The molecular weight excluding hydrogens is 447 g/mol. The third-order valence-electron chi connectivity index (χ3n) is 3.97. The molecule has 0 saturated heterocycles. The van der Waals surface area contributed by atoms with Crippen LogP contribution in [-0.2, 0) is 15.6 Å². The lowest BCUT2D eigenvalue weighted by atomic mass is 10.1. The van der Waals surface area contributed by atoms with Crippen LogP contribution in [0.25, 0.3) is 21.8 Å². The van der Waals surface area contributed by atoms with Gasteiger partial charge in [-0.2, -0.15) is 13.2 Å². The largest absolute Gasteiger partial charge is 0.497 e. The second kappa shape index (κ2) is 7.92. The number of pyridine rings is 1. The summed E-state index contributed by atoms with van der Waals surface area (Å²) >= 11 is 7.58. The first-order valence-corrected chi connectivity index (χ1v) is 11.1. The van der Waals surface area contributed by atoms with E-state index in [0.717, 1.165) is 16.4 Å². The van der Waals surface area contributed by atoms with Gasteiger partial charge in [-0.05, 0) is 23.8 Å². The molecule has 0 radical (unpaired) electrons. The van der Waals surface area contributed by atoms with Gasteiger partial charge >= 0.3 is 5.51 Å². The van der Waals surface area contributed by atoms with Crippen molar-refractivity contribution >= 4 is 38.6 Å². The third kappa shape index (κ3) is 4.71. The van der Waals surface area contributed by atoms with Crippen LogP contribution in [0, 0.1) is 0 Å². The quantitative estimate of drug-likeness (QED) is 0.533. The third-order valence-corrected chi connectivity index (χ3v) is 6.60. The van der Waals surface area contributed by atoms with E-state index in [0.29, 0.717) is 11.3 Å². The maximum atomic E-state index is 12.6. The number of rotatable bonds is 5. The molecule has 0 aliphatic rings. The Hall–Kier alpha value is -2.17. The standard InChI is InChI=1S/C18H15ClF3N3O2S2/c1-25(2)16-8-12(5-6-23-16)17-24-15(9-28-17)13-4-3-11(7-14(13)19)10-29(26,27)18(20,21)22/h3-9H,10H2,1-2H3. The van der Waals surface area contributed by atoms with E-state index in [4.69, 9.17) is 11.6 Å². The van der Waals surface area contributed by atoms with E-state index in [-0.39, 0.29) is 10.6 Å². The SMILES string of the molecule is CN(C)c1cc(-c2nc(-c3ccc(CS(=O)(=O)C(F)(F)F)cc3Cl)cs2)ccn1. The van der Waals surface area contributed by atoms with Gasteiger partial charge in [0, 0.05) is 36.8 Å². The average Bonchev–Trinajstić information content (AvgIpc) is 3.10. The molecule has 29 heavy (non-hydrogen) atoms. The molecule has 0 bridgehead atoms. The zero-order valence-corrected chi connectivity index (χ0v) is 17.6. The van der Waals surface area contributed by atoms with Gasteiger partial charge in [0.25, 0.3) is 9.84 Å². The lowest BCUT2D eigenvalue weighted by Gasteiger charge is -2.11. The molecule has 0 spiro atoms. The van der Waals surface area contributed by atoms with Crippen molar-refractivity contribution in [3.63, 3.8) is 0 Å². The summed E-state index contributed by atoms with van der Waals surface area (Å²) in [5.74, 6) is -0.393. The van der Waals surface area contributed by atoms with Gasteiger partial charge in [0.2, 0.25) is 0 Å². The van der Waals surface area contributed by atoms with Crippen LogP contribution in [0.3, 0.4) is 0 Å². The Bertz CT molecular complexity index is 1150. The van der Waals surface area contributed by atoms with Crippen molar-refractivity contribution in [1.29, 1.82) is 0 Å². The minimum Gasteiger partial charge on any atom is -0.363 e. The minimum absolute atomic E-state index is 0.0451. The Morgan fingerprint density at radius 2 is 1.90 bits per heavy atom. The number of anilines is 1. The molecule has 5 nitrogen and oxygen atoms in total. The van der Waals surface area contributed by atoms with Crippen LogP contribution in [0.4, 0.5) is 19.0 Å². The number of nitrogens with zero attached hydrogens (tertiary/aromatic N) is 3. The normalized spacial score (nSPS) is 12.2. The number of halogens is 4. The number of thiazole rings is 1. The summed E-state index contributed by atoms with van der Waals surface area (Å²) < 4.78 is 60.4. The molecule has 0 saturated carbocycles. The van der Waals surface area contributed by atoms with Crippen LogP contribution in [0.2, 0.25) is 5.02 Å². The van der Waals surface area contributed by atoms with Gasteiger partial charge in [-0.3, -0.25) is 0 Å². The Labute approximate surface area is 174 Å². The highest BCUT2D eigenvalue weighted by atomic mass is 35.5. The van der Waals surface area contributed by atoms with Crippen LogP contribution in [-0.4, -0.2) is 38.0 Å². The number of alkyl halides is 3. The van der Waals surface area contributed by atoms with Crippen molar-refractivity contribution in [2.75, 3.05) is 19.0 Å². The van der Waals surface area contributed by atoms with Gasteiger partial charge in [-0.25, -0.2) is 18.4 Å². The van der Waals surface area contributed by atoms with E-state index in [9.17, 15) is 21.6 Å². The van der Waals surface area contributed by atoms with Gasteiger partial charge in [0.15, 0.2) is 0 Å². The number of aromatic nitrogens is 2. The van der Waals surface area contributed by atoms with E-state index in [2.05, 4.69) is 9.97 Å². The summed E-state index contributed by atoms with van der Waals surface area (Å²) in [4.78, 5) is 10.7. The highest BCUT2D eigenvalue weighted by Crippen LogP contribution is 2.35. The fraction of sp³-hybridized carbons (Fsp3) is 0.222. The fourth-order valence-electron chi connectivity index (χ4n) is 2.48. The lowest BCUT2D eigenvalue weighted by Crippen LogP contribution is -2.24. The van der Waals surface area contributed by atoms with Crippen molar-refractivity contribution in [1.82, 2.24) is 9.97 Å². The second-order valence-corrected chi connectivity index (χ2v) is 9.60. The van der Waals surface area contributed by atoms with Crippen molar-refractivity contribution in [3.8, 4) is 21.8 Å². The summed E-state index contributed by atoms with van der Waals surface area (Å²) in [6.07, 6.45) is 1.68. The number of benzene rings is 1. The van der Waals surface area contributed by atoms with Crippen LogP contribution < -0.4 is 4.90 Å². The molecule has 0 atom stereocenters. The van der Waals surface area contributed by atoms with Crippen LogP contribution in [0.5, 0.6) is 0 Å².